The van der Waals surface area contributed by atoms with Gasteiger partial charge in [-0.1, -0.05) is 48.5 Å². The molecule has 1 atom stereocenters. The molecule has 1 unspecified atom stereocenters. The van der Waals surface area contributed by atoms with Crippen LogP contribution in [0.15, 0.2) is 59.6 Å². The summed E-state index contributed by atoms with van der Waals surface area (Å²) < 4.78 is 2.01. The van der Waals surface area contributed by atoms with Gasteiger partial charge in [0.05, 0.1) is 5.71 Å². The standard InChI is InChI=1S/C25H24N6OS/c1-14-10-8-9-13-19(14)26-25(32)28-22-23-30-29-17(4)31(23)24-20(15(2)16(3)33-24)21(27-22)18-11-6-5-7-12-18/h5-13,22H,1-4H3,(H2,26,28,32). The van der Waals surface area contributed by atoms with E-state index in [0.29, 0.717) is 5.82 Å². The summed E-state index contributed by atoms with van der Waals surface area (Å²) in [6.07, 6.45) is -0.704. The van der Waals surface area contributed by atoms with Crippen LogP contribution in [0.25, 0.3) is 5.00 Å². The minimum absolute atomic E-state index is 0.351. The summed E-state index contributed by atoms with van der Waals surface area (Å²) in [5, 5.41) is 15.7. The highest BCUT2D eigenvalue weighted by molar-refractivity contribution is 7.15. The second kappa shape index (κ2) is 8.29. The first-order chi connectivity index (χ1) is 15.9. The number of rotatable bonds is 3. The van der Waals surface area contributed by atoms with Crippen molar-refractivity contribution in [2.45, 2.75) is 33.9 Å². The van der Waals surface area contributed by atoms with Crippen molar-refractivity contribution in [2.75, 3.05) is 5.32 Å². The first-order valence-electron chi connectivity index (χ1n) is 10.7. The van der Waals surface area contributed by atoms with E-state index in [-0.39, 0.29) is 6.03 Å². The highest BCUT2D eigenvalue weighted by Gasteiger charge is 2.32. The van der Waals surface area contributed by atoms with E-state index in [1.165, 1.54) is 10.4 Å². The summed E-state index contributed by atoms with van der Waals surface area (Å²) in [6.45, 7) is 8.10. The van der Waals surface area contributed by atoms with Gasteiger partial charge in [-0.3, -0.25) is 9.56 Å². The Morgan fingerprint density at radius 3 is 2.45 bits per heavy atom. The molecule has 2 amide bonds. The molecule has 2 aromatic heterocycles. The largest absolute Gasteiger partial charge is 0.321 e. The zero-order chi connectivity index (χ0) is 23.1. The Hall–Kier alpha value is -3.78. The van der Waals surface area contributed by atoms with Gasteiger partial charge in [0, 0.05) is 21.7 Å². The first kappa shape index (κ1) is 21.1. The van der Waals surface area contributed by atoms with E-state index in [1.54, 1.807) is 11.3 Å². The number of para-hydroxylation sites is 1. The molecule has 8 heteroatoms. The smallest absolute Gasteiger partial charge is 0.309 e. The number of carbonyl (C=O) groups excluding carboxylic acids is 1. The van der Waals surface area contributed by atoms with Gasteiger partial charge >= 0.3 is 6.03 Å². The number of benzene rings is 2. The number of amides is 2. The molecule has 3 heterocycles. The highest BCUT2D eigenvalue weighted by atomic mass is 32.1. The third-order valence-corrected chi connectivity index (χ3v) is 7.06. The zero-order valence-electron chi connectivity index (χ0n) is 18.9. The minimum atomic E-state index is -0.704. The van der Waals surface area contributed by atoms with Crippen LogP contribution in [0.3, 0.4) is 0 Å². The van der Waals surface area contributed by atoms with Crippen molar-refractivity contribution >= 4 is 28.8 Å². The summed E-state index contributed by atoms with van der Waals surface area (Å²) in [5.74, 6) is 1.34. The van der Waals surface area contributed by atoms with Gasteiger partial charge in [-0.15, -0.1) is 21.5 Å². The molecule has 33 heavy (non-hydrogen) atoms. The van der Waals surface area contributed by atoms with Crippen molar-refractivity contribution in [3.8, 4) is 5.00 Å². The fraction of sp³-hybridized carbons (Fsp3) is 0.200. The van der Waals surface area contributed by atoms with E-state index in [2.05, 4.69) is 34.7 Å². The maximum Gasteiger partial charge on any atom is 0.321 e. The maximum atomic E-state index is 13.0. The molecule has 0 fully saturated rings. The van der Waals surface area contributed by atoms with Crippen molar-refractivity contribution in [3.05, 3.63) is 93.4 Å². The molecule has 166 valence electrons. The number of aliphatic imine (C=N–C) groups is 1. The molecule has 0 saturated carbocycles. The third kappa shape index (κ3) is 3.72. The highest BCUT2D eigenvalue weighted by Crippen LogP contribution is 2.38. The number of aromatic nitrogens is 3. The minimum Gasteiger partial charge on any atom is -0.309 e. The summed E-state index contributed by atoms with van der Waals surface area (Å²) in [5.41, 5.74) is 5.77. The average molecular weight is 457 g/mol. The average Bonchev–Trinajstić information content (AvgIpc) is 3.28. The normalized spacial score (nSPS) is 14.7. The van der Waals surface area contributed by atoms with Crippen LogP contribution in [-0.4, -0.2) is 26.5 Å². The number of nitrogens with one attached hydrogen (secondary N) is 2. The number of fused-ring (bicyclic) bond motifs is 3. The fourth-order valence-electron chi connectivity index (χ4n) is 4.01. The predicted octanol–water partition coefficient (Wildman–Crippen LogP) is 5.23. The molecular formula is C25H24N6OS. The number of aryl methyl sites for hydroxylation is 3. The lowest BCUT2D eigenvalue weighted by atomic mass is 10.00. The Balaban J connectivity index is 1.62. The van der Waals surface area contributed by atoms with Crippen LogP contribution >= 0.6 is 11.3 Å². The Labute approximate surface area is 196 Å². The number of hydrogen-bond acceptors (Lipinski definition) is 5. The van der Waals surface area contributed by atoms with Crippen LogP contribution in [0.4, 0.5) is 10.5 Å². The molecule has 1 aliphatic heterocycles. The Bertz CT molecular complexity index is 1390. The van der Waals surface area contributed by atoms with E-state index in [0.717, 1.165) is 38.9 Å². The molecule has 7 nitrogen and oxygen atoms in total. The lowest BCUT2D eigenvalue weighted by molar-refractivity contribution is 0.248. The monoisotopic (exact) mass is 456 g/mol. The van der Waals surface area contributed by atoms with Gasteiger partial charge in [-0.05, 0) is 44.9 Å². The molecular weight excluding hydrogens is 432 g/mol. The number of hydrogen-bond donors (Lipinski definition) is 2. The van der Waals surface area contributed by atoms with Crippen LogP contribution in [0.1, 0.15) is 44.9 Å². The Morgan fingerprint density at radius 2 is 1.70 bits per heavy atom. The lowest BCUT2D eigenvalue weighted by Crippen LogP contribution is -2.33. The van der Waals surface area contributed by atoms with Gasteiger partial charge in [-0.25, -0.2) is 4.79 Å². The summed E-state index contributed by atoms with van der Waals surface area (Å²) in [4.78, 5) is 19.3. The Kier molecular flexibility index (Phi) is 5.30. The molecule has 2 aromatic carbocycles. The van der Waals surface area contributed by atoms with Crippen LogP contribution in [-0.2, 0) is 0 Å². The quantitative estimate of drug-likeness (QED) is 0.442. The number of urea groups is 1. The molecule has 2 N–H and O–H groups in total. The number of nitrogens with zero attached hydrogens (tertiary/aromatic N) is 4. The number of anilines is 1. The van der Waals surface area contributed by atoms with Crippen molar-refractivity contribution in [1.29, 1.82) is 0 Å². The van der Waals surface area contributed by atoms with Crippen molar-refractivity contribution < 1.29 is 4.79 Å². The lowest BCUT2D eigenvalue weighted by Gasteiger charge is -2.16. The summed E-state index contributed by atoms with van der Waals surface area (Å²) in [6, 6.07) is 17.4. The zero-order valence-corrected chi connectivity index (χ0v) is 19.7. The second-order valence-corrected chi connectivity index (χ2v) is 9.27. The van der Waals surface area contributed by atoms with Crippen LogP contribution in [0.2, 0.25) is 0 Å². The van der Waals surface area contributed by atoms with E-state index >= 15 is 0 Å². The Morgan fingerprint density at radius 1 is 0.970 bits per heavy atom. The van der Waals surface area contributed by atoms with Gasteiger partial charge in [0.1, 0.15) is 10.8 Å². The van der Waals surface area contributed by atoms with Crippen molar-refractivity contribution in [1.82, 2.24) is 20.1 Å². The van der Waals surface area contributed by atoms with Crippen LogP contribution in [0.5, 0.6) is 0 Å². The topological polar surface area (TPSA) is 84.2 Å². The fourth-order valence-corrected chi connectivity index (χ4v) is 5.22. The first-order valence-corrected chi connectivity index (χ1v) is 11.5. The van der Waals surface area contributed by atoms with E-state index < -0.39 is 6.17 Å². The third-order valence-electron chi connectivity index (χ3n) is 5.87. The number of carbonyl (C=O) groups is 1. The molecule has 5 rings (SSSR count). The maximum absolute atomic E-state index is 13.0. The van der Waals surface area contributed by atoms with E-state index in [1.807, 2.05) is 73.0 Å². The predicted molar refractivity (Wildman–Crippen MR) is 132 cm³/mol. The van der Waals surface area contributed by atoms with Gasteiger partial charge in [0.25, 0.3) is 0 Å². The van der Waals surface area contributed by atoms with Gasteiger partial charge < -0.3 is 10.6 Å². The van der Waals surface area contributed by atoms with E-state index in [4.69, 9.17) is 4.99 Å². The summed E-state index contributed by atoms with van der Waals surface area (Å²) >= 11 is 1.69. The molecule has 0 aliphatic carbocycles. The molecule has 0 spiro atoms. The summed E-state index contributed by atoms with van der Waals surface area (Å²) in [7, 11) is 0. The van der Waals surface area contributed by atoms with Gasteiger partial charge in [0.15, 0.2) is 12.0 Å². The molecule has 4 aromatic rings. The van der Waals surface area contributed by atoms with E-state index in [9.17, 15) is 4.79 Å². The van der Waals surface area contributed by atoms with Crippen LogP contribution in [0, 0.1) is 27.7 Å². The molecule has 0 radical (unpaired) electrons. The van der Waals surface area contributed by atoms with Crippen molar-refractivity contribution in [3.63, 3.8) is 0 Å². The second-order valence-electron chi connectivity index (χ2n) is 8.06. The van der Waals surface area contributed by atoms with Crippen LogP contribution < -0.4 is 10.6 Å². The SMILES string of the molecule is Cc1ccccc1NC(=O)NC1N=C(c2ccccc2)c2c(sc(C)c2C)-n2c(C)nnc21. The van der Waals surface area contributed by atoms with Gasteiger partial charge in [0.2, 0.25) is 0 Å². The molecule has 0 bridgehead atoms. The van der Waals surface area contributed by atoms with Crippen molar-refractivity contribution in [2.24, 2.45) is 4.99 Å². The molecule has 1 aliphatic rings. The number of thiophene rings is 1. The van der Waals surface area contributed by atoms with Gasteiger partial charge in [-0.2, -0.15) is 0 Å². The molecule has 0 saturated heterocycles.